The van der Waals surface area contributed by atoms with E-state index in [0.717, 1.165) is 29.7 Å². The van der Waals surface area contributed by atoms with E-state index in [-0.39, 0.29) is 0 Å². The molecule has 1 heterocycles. The number of hydrogen-bond acceptors (Lipinski definition) is 3. The maximum absolute atomic E-state index is 5.68. The molecule has 0 radical (unpaired) electrons. The zero-order chi connectivity index (χ0) is 10.4. The SMILES string of the molecule is Cc1csc(SCCC(C)CCCl)n1. The van der Waals surface area contributed by atoms with E-state index in [1.807, 2.05) is 18.7 Å². The third-order valence-corrected chi connectivity index (χ3v) is 4.43. The summed E-state index contributed by atoms with van der Waals surface area (Å²) in [6, 6.07) is 0. The predicted octanol–water partition coefficient (Wildman–Crippen LogP) is 4.20. The molecule has 1 unspecified atom stereocenters. The molecule has 0 amide bonds. The summed E-state index contributed by atoms with van der Waals surface area (Å²) in [5, 5.41) is 2.10. The number of hydrogen-bond donors (Lipinski definition) is 0. The summed E-state index contributed by atoms with van der Waals surface area (Å²) in [5.74, 6) is 2.67. The van der Waals surface area contributed by atoms with E-state index in [2.05, 4.69) is 17.3 Å². The number of thiazole rings is 1. The van der Waals surface area contributed by atoms with Crippen LogP contribution in [0.1, 0.15) is 25.5 Å². The molecule has 14 heavy (non-hydrogen) atoms. The molecule has 0 aliphatic rings. The zero-order valence-electron chi connectivity index (χ0n) is 8.62. The van der Waals surface area contributed by atoms with Crippen molar-refractivity contribution in [2.24, 2.45) is 5.92 Å². The fourth-order valence-corrected chi connectivity index (χ4v) is 3.54. The van der Waals surface area contributed by atoms with Crippen LogP contribution in [0.5, 0.6) is 0 Å². The van der Waals surface area contributed by atoms with Gasteiger partial charge < -0.3 is 0 Å². The lowest BCUT2D eigenvalue weighted by Gasteiger charge is -2.07. The summed E-state index contributed by atoms with van der Waals surface area (Å²) in [6.07, 6.45) is 2.36. The fraction of sp³-hybridized carbons (Fsp3) is 0.700. The lowest BCUT2D eigenvalue weighted by Crippen LogP contribution is -1.96. The molecular formula is C10H16ClNS2. The zero-order valence-corrected chi connectivity index (χ0v) is 11.0. The summed E-state index contributed by atoms with van der Waals surface area (Å²) in [6.45, 7) is 4.30. The third kappa shape index (κ3) is 4.67. The molecule has 0 aliphatic heterocycles. The number of nitrogens with zero attached hydrogens (tertiary/aromatic N) is 1. The van der Waals surface area contributed by atoms with Crippen LogP contribution < -0.4 is 0 Å². The average Bonchev–Trinajstić information content (AvgIpc) is 2.52. The molecular weight excluding hydrogens is 234 g/mol. The van der Waals surface area contributed by atoms with Crippen LogP contribution in [0.2, 0.25) is 0 Å². The maximum atomic E-state index is 5.68. The van der Waals surface area contributed by atoms with Crippen molar-refractivity contribution in [3.63, 3.8) is 0 Å². The van der Waals surface area contributed by atoms with Crippen LogP contribution in [0.25, 0.3) is 0 Å². The Bertz CT molecular complexity index is 262. The number of rotatable bonds is 6. The molecule has 0 fully saturated rings. The van der Waals surface area contributed by atoms with Crippen molar-refractivity contribution in [2.45, 2.75) is 31.0 Å². The molecule has 0 saturated heterocycles. The van der Waals surface area contributed by atoms with Crippen LogP contribution in [0.4, 0.5) is 0 Å². The highest BCUT2D eigenvalue weighted by molar-refractivity contribution is 8.00. The van der Waals surface area contributed by atoms with Crippen LogP contribution in [-0.4, -0.2) is 16.6 Å². The third-order valence-electron chi connectivity index (χ3n) is 2.04. The van der Waals surface area contributed by atoms with Gasteiger partial charge in [0.05, 0.1) is 0 Å². The Morgan fingerprint density at radius 3 is 2.93 bits per heavy atom. The predicted molar refractivity (Wildman–Crippen MR) is 66.7 cm³/mol. The van der Waals surface area contributed by atoms with Gasteiger partial charge in [0.2, 0.25) is 0 Å². The minimum atomic E-state index is 0.737. The molecule has 0 N–H and O–H groups in total. The van der Waals surface area contributed by atoms with E-state index in [1.54, 1.807) is 11.3 Å². The molecule has 4 heteroatoms. The quantitative estimate of drug-likeness (QED) is 0.554. The van der Waals surface area contributed by atoms with Gasteiger partial charge in [-0.2, -0.15) is 0 Å². The van der Waals surface area contributed by atoms with Crippen molar-refractivity contribution < 1.29 is 0 Å². The number of halogens is 1. The fourth-order valence-electron chi connectivity index (χ4n) is 1.08. The van der Waals surface area contributed by atoms with Crippen molar-refractivity contribution in [1.82, 2.24) is 4.98 Å². The second-order valence-electron chi connectivity index (χ2n) is 3.47. The van der Waals surface area contributed by atoms with Crippen molar-refractivity contribution >= 4 is 34.7 Å². The average molecular weight is 250 g/mol. The molecule has 1 aromatic rings. The Morgan fingerprint density at radius 1 is 1.57 bits per heavy atom. The second-order valence-corrected chi connectivity index (χ2v) is 6.05. The number of aryl methyl sites for hydroxylation is 1. The van der Waals surface area contributed by atoms with E-state index >= 15 is 0 Å². The van der Waals surface area contributed by atoms with Crippen molar-refractivity contribution in [3.05, 3.63) is 11.1 Å². The van der Waals surface area contributed by atoms with Gasteiger partial charge in [0.1, 0.15) is 4.34 Å². The maximum Gasteiger partial charge on any atom is 0.150 e. The smallest absolute Gasteiger partial charge is 0.150 e. The molecule has 0 aliphatic carbocycles. The van der Waals surface area contributed by atoms with Gasteiger partial charge in [-0.05, 0) is 25.7 Å². The minimum absolute atomic E-state index is 0.737. The summed E-state index contributed by atoms with van der Waals surface area (Å²) in [4.78, 5) is 4.41. The summed E-state index contributed by atoms with van der Waals surface area (Å²) in [7, 11) is 0. The Morgan fingerprint density at radius 2 is 2.36 bits per heavy atom. The molecule has 0 aromatic carbocycles. The monoisotopic (exact) mass is 249 g/mol. The van der Waals surface area contributed by atoms with E-state index < -0.39 is 0 Å². The molecule has 0 bridgehead atoms. The first kappa shape index (κ1) is 12.3. The van der Waals surface area contributed by atoms with E-state index in [9.17, 15) is 0 Å². The summed E-state index contributed by atoms with van der Waals surface area (Å²) < 4.78 is 1.19. The molecule has 1 atom stereocenters. The Balaban J connectivity index is 2.15. The van der Waals surface area contributed by atoms with Crippen LogP contribution >= 0.6 is 34.7 Å². The van der Waals surface area contributed by atoms with Gasteiger partial charge in [0, 0.05) is 22.7 Å². The standard InChI is InChI=1S/C10H16ClNS2/c1-8(3-5-11)4-6-13-10-12-9(2)7-14-10/h7-8H,3-6H2,1-2H3. The largest absolute Gasteiger partial charge is 0.235 e. The normalized spacial score (nSPS) is 13.1. The topological polar surface area (TPSA) is 12.9 Å². The number of aromatic nitrogens is 1. The van der Waals surface area contributed by atoms with Crippen LogP contribution in [-0.2, 0) is 0 Å². The van der Waals surface area contributed by atoms with Gasteiger partial charge >= 0.3 is 0 Å². The number of alkyl halides is 1. The second kappa shape index (κ2) is 6.70. The first-order valence-electron chi connectivity index (χ1n) is 4.83. The molecule has 1 rings (SSSR count). The van der Waals surface area contributed by atoms with Crippen LogP contribution in [0, 0.1) is 12.8 Å². The highest BCUT2D eigenvalue weighted by atomic mass is 35.5. The first-order valence-corrected chi connectivity index (χ1v) is 7.23. The van der Waals surface area contributed by atoms with Crippen LogP contribution in [0.3, 0.4) is 0 Å². The van der Waals surface area contributed by atoms with Gasteiger partial charge in [-0.15, -0.1) is 22.9 Å². The molecule has 80 valence electrons. The molecule has 1 aromatic heterocycles. The summed E-state index contributed by atoms with van der Waals surface area (Å²) in [5.41, 5.74) is 1.13. The Labute approximate surface area is 99.3 Å². The highest BCUT2D eigenvalue weighted by Crippen LogP contribution is 2.24. The molecule has 0 spiro atoms. The van der Waals surface area contributed by atoms with Gasteiger partial charge in [-0.3, -0.25) is 0 Å². The van der Waals surface area contributed by atoms with Crippen molar-refractivity contribution in [2.75, 3.05) is 11.6 Å². The lowest BCUT2D eigenvalue weighted by atomic mass is 10.1. The minimum Gasteiger partial charge on any atom is -0.235 e. The number of thioether (sulfide) groups is 1. The van der Waals surface area contributed by atoms with Gasteiger partial charge in [0.25, 0.3) is 0 Å². The van der Waals surface area contributed by atoms with E-state index in [1.165, 1.54) is 10.8 Å². The van der Waals surface area contributed by atoms with Crippen molar-refractivity contribution in [1.29, 1.82) is 0 Å². The van der Waals surface area contributed by atoms with Gasteiger partial charge in [0.15, 0.2) is 0 Å². The van der Waals surface area contributed by atoms with E-state index in [4.69, 9.17) is 11.6 Å². The van der Waals surface area contributed by atoms with Crippen molar-refractivity contribution in [3.8, 4) is 0 Å². The lowest BCUT2D eigenvalue weighted by molar-refractivity contribution is 0.552. The van der Waals surface area contributed by atoms with Gasteiger partial charge in [-0.25, -0.2) is 4.98 Å². The highest BCUT2D eigenvalue weighted by Gasteiger charge is 2.03. The Hall–Kier alpha value is 0.270. The van der Waals surface area contributed by atoms with E-state index in [0.29, 0.717) is 0 Å². The Kier molecular flexibility index (Phi) is 5.90. The molecule has 0 saturated carbocycles. The first-order chi connectivity index (χ1) is 6.72. The van der Waals surface area contributed by atoms with Gasteiger partial charge in [-0.1, -0.05) is 18.7 Å². The molecule has 1 nitrogen and oxygen atoms in total. The summed E-state index contributed by atoms with van der Waals surface area (Å²) >= 11 is 9.28. The van der Waals surface area contributed by atoms with Crippen LogP contribution in [0.15, 0.2) is 9.72 Å².